The summed E-state index contributed by atoms with van der Waals surface area (Å²) in [6, 6.07) is 7.09. The molecule has 21 heavy (non-hydrogen) atoms. The van der Waals surface area contributed by atoms with Crippen molar-refractivity contribution in [2.45, 2.75) is 62.9 Å². The van der Waals surface area contributed by atoms with Gasteiger partial charge in [-0.1, -0.05) is 31.4 Å². The van der Waals surface area contributed by atoms with Crippen molar-refractivity contribution in [2.75, 3.05) is 6.54 Å². The van der Waals surface area contributed by atoms with E-state index in [2.05, 4.69) is 23.1 Å². The largest absolute Gasteiger partial charge is 0.331 e. The van der Waals surface area contributed by atoms with Gasteiger partial charge >= 0.3 is 0 Å². The summed E-state index contributed by atoms with van der Waals surface area (Å²) in [7, 11) is 0. The van der Waals surface area contributed by atoms with Crippen LogP contribution < -0.4 is 5.73 Å². The Morgan fingerprint density at radius 3 is 2.62 bits per heavy atom. The van der Waals surface area contributed by atoms with Crippen LogP contribution >= 0.6 is 0 Å². The Hall–Kier alpha value is -1.35. The fourth-order valence-electron chi connectivity index (χ4n) is 4.17. The summed E-state index contributed by atoms with van der Waals surface area (Å²) >= 11 is 0. The van der Waals surface area contributed by atoms with Crippen LogP contribution in [0.2, 0.25) is 0 Å². The van der Waals surface area contributed by atoms with Crippen molar-refractivity contribution in [1.82, 2.24) is 4.90 Å². The summed E-state index contributed by atoms with van der Waals surface area (Å²) in [6.07, 6.45) is 8.54. The molecule has 2 N–H and O–H groups in total. The van der Waals surface area contributed by atoms with E-state index in [1.165, 1.54) is 56.1 Å². The summed E-state index contributed by atoms with van der Waals surface area (Å²) in [6.45, 7) is 1.51. The molecule has 1 aromatic rings. The zero-order valence-corrected chi connectivity index (χ0v) is 12.6. The van der Waals surface area contributed by atoms with Crippen LogP contribution in [0.4, 0.5) is 0 Å². The minimum Gasteiger partial charge on any atom is -0.331 e. The molecule has 1 amide bonds. The Morgan fingerprint density at radius 2 is 1.95 bits per heavy atom. The van der Waals surface area contributed by atoms with E-state index in [0.29, 0.717) is 12.6 Å². The molecule has 3 heteroatoms. The molecule has 2 fully saturated rings. The Morgan fingerprint density at radius 1 is 1.19 bits per heavy atom. The Balaban J connectivity index is 1.68. The lowest BCUT2D eigenvalue weighted by Gasteiger charge is -2.37. The van der Waals surface area contributed by atoms with Gasteiger partial charge in [-0.2, -0.15) is 0 Å². The SMILES string of the molecule is NCC1(c2ccc3c(c2)C(=O)N(C2CC2)C3)CCCCC1. The van der Waals surface area contributed by atoms with Gasteiger partial charge in [-0.25, -0.2) is 0 Å². The number of carbonyl (C=O) groups is 1. The molecular weight excluding hydrogens is 260 g/mol. The van der Waals surface area contributed by atoms with Crippen LogP contribution in [0.5, 0.6) is 0 Å². The second kappa shape index (κ2) is 4.84. The van der Waals surface area contributed by atoms with Crippen LogP contribution in [0.15, 0.2) is 18.2 Å². The first-order chi connectivity index (χ1) is 10.2. The molecule has 4 rings (SSSR count). The first kappa shape index (κ1) is 13.3. The Labute approximate surface area is 126 Å². The summed E-state index contributed by atoms with van der Waals surface area (Å²) in [4.78, 5) is 14.7. The van der Waals surface area contributed by atoms with Crippen molar-refractivity contribution in [2.24, 2.45) is 5.73 Å². The second-order valence-electron chi connectivity index (χ2n) is 7.08. The van der Waals surface area contributed by atoms with Gasteiger partial charge in [0.1, 0.15) is 0 Å². The molecule has 2 saturated carbocycles. The molecule has 112 valence electrons. The molecule has 0 unspecified atom stereocenters. The van der Waals surface area contributed by atoms with Crippen LogP contribution in [0.3, 0.4) is 0 Å². The lowest BCUT2D eigenvalue weighted by atomic mass is 9.69. The number of fused-ring (bicyclic) bond motifs is 1. The highest BCUT2D eigenvalue weighted by molar-refractivity contribution is 5.99. The van der Waals surface area contributed by atoms with E-state index in [1.807, 2.05) is 0 Å². The minimum atomic E-state index is 0.112. The zero-order chi connectivity index (χ0) is 14.4. The summed E-state index contributed by atoms with van der Waals surface area (Å²) < 4.78 is 0. The topological polar surface area (TPSA) is 46.3 Å². The van der Waals surface area contributed by atoms with Crippen molar-refractivity contribution < 1.29 is 4.79 Å². The van der Waals surface area contributed by atoms with Gasteiger partial charge in [0.05, 0.1) is 0 Å². The maximum Gasteiger partial charge on any atom is 0.254 e. The van der Waals surface area contributed by atoms with Crippen LogP contribution in [-0.4, -0.2) is 23.4 Å². The van der Waals surface area contributed by atoms with E-state index in [9.17, 15) is 4.79 Å². The van der Waals surface area contributed by atoms with Gasteiger partial charge in [-0.3, -0.25) is 4.79 Å². The van der Waals surface area contributed by atoms with Crippen LogP contribution in [0.1, 0.15) is 66.4 Å². The summed E-state index contributed by atoms with van der Waals surface area (Å²) in [5.74, 6) is 0.248. The van der Waals surface area contributed by atoms with Crippen molar-refractivity contribution >= 4 is 5.91 Å². The third kappa shape index (κ3) is 2.10. The van der Waals surface area contributed by atoms with Gasteiger partial charge < -0.3 is 10.6 Å². The lowest BCUT2D eigenvalue weighted by molar-refractivity contribution is 0.0766. The monoisotopic (exact) mass is 284 g/mol. The first-order valence-electron chi connectivity index (χ1n) is 8.38. The standard InChI is InChI=1S/C18H24N2O/c19-12-18(8-2-1-3-9-18)14-5-4-13-11-20(15-6-7-15)17(21)16(13)10-14/h4-5,10,15H,1-3,6-9,11-12,19H2. The molecule has 0 aromatic heterocycles. The molecular formula is C18H24N2O. The molecule has 3 aliphatic rings. The van der Waals surface area contributed by atoms with Crippen molar-refractivity contribution in [3.63, 3.8) is 0 Å². The number of rotatable bonds is 3. The smallest absolute Gasteiger partial charge is 0.254 e. The molecule has 0 radical (unpaired) electrons. The normalized spacial score (nSPS) is 24.2. The average Bonchev–Trinajstić information content (AvgIpc) is 3.33. The number of amides is 1. The van der Waals surface area contributed by atoms with Gasteiger partial charge in [-0.15, -0.1) is 0 Å². The summed E-state index contributed by atoms with van der Waals surface area (Å²) in [5.41, 5.74) is 9.70. The van der Waals surface area contributed by atoms with E-state index in [-0.39, 0.29) is 11.3 Å². The Kier molecular flexibility index (Phi) is 3.07. The van der Waals surface area contributed by atoms with Crippen LogP contribution in [-0.2, 0) is 12.0 Å². The molecule has 1 heterocycles. The van der Waals surface area contributed by atoms with Crippen molar-refractivity contribution in [3.05, 3.63) is 34.9 Å². The van der Waals surface area contributed by atoms with Crippen molar-refractivity contribution in [1.29, 1.82) is 0 Å². The number of hydrogen-bond acceptors (Lipinski definition) is 2. The number of hydrogen-bond donors (Lipinski definition) is 1. The van der Waals surface area contributed by atoms with Gasteiger partial charge in [0.2, 0.25) is 0 Å². The predicted octanol–water partition coefficient (Wildman–Crippen LogP) is 2.97. The molecule has 0 bridgehead atoms. The first-order valence-corrected chi connectivity index (χ1v) is 8.38. The van der Waals surface area contributed by atoms with Crippen LogP contribution in [0, 0.1) is 0 Å². The van der Waals surface area contributed by atoms with E-state index in [4.69, 9.17) is 5.73 Å². The van der Waals surface area contributed by atoms with Crippen molar-refractivity contribution in [3.8, 4) is 0 Å². The zero-order valence-electron chi connectivity index (χ0n) is 12.6. The van der Waals surface area contributed by atoms with Gasteiger partial charge in [0.25, 0.3) is 5.91 Å². The Bertz CT molecular complexity index is 571. The highest BCUT2D eigenvalue weighted by Gasteiger charge is 2.39. The van der Waals surface area contributed by atoms with E-state index < -0.39 is 0 Å². The van der Waals surface area contributed by atoms with Gasteiger partial charge in [0, 0.05) is 30.1 Å². The fourth-order valence-corrected chi connectivity index (χ4v) is 4.17. The van der Waals surface area contributed by atoms with Crippen LogP contribution in [0.25, 0.3) is 0 Å². The molecule has 1 aromatic carbocycles. The minimum absolute atomic E-state index is 0.112. The maximum absolute atomic E-state index is 12.6. The predicted molar refractivity (Wildman–Crippen MR) is 83.2 cm³/mol. The third-order valence-corrected chi connectivity index (χ3v) is 5.74. The van der Waals surface area contributed by atoms with Gasteiger partial charge in [0.15, 0.2) is 0 Å². The average molecular weight is 284 g/mol. The molecule has 2 aliphatic carbocycles. The molecule has 3 nitrogen and oxygen atoms in total. The molecule has 0 atom stereocenters. The highest BCUT2D eigenvalue weighted by Crippen LogP contribution is 2.41. The number of nitrogens with two attached hydrogens (primary N) is 1. The fraction of sp³-hybridized carbons (Fsp3) is 0.611. The van der Waals surface area contributed by atoms with E-state index in [0.717, 1.165) is 12.1 Å². The lowest BCUT2D eigenvalue weighted by Crippen LogP contribution is -2.37. The van der Waals surface area contributed by atoms with E-state index in [1.54, 1.807) is 0 Å². The second-order valence-corrected chi connectivity index (χ2v) is 7.08. The number of carbonyl (C=O) groups excluding carboxylic acids is 1. The van der Waals surface area contributed by atoms with E-state index >= 15 is 0 Å². The van der Waals surface area contributed by atoms with Gasteiger partial charge in [-0.05, 0) is 42.9 Å². The summed E-state index contributed by atoms with van der Waals surface area (Å²) in [5, 5.41) is 0. The quantitative estimate of drug-likeness (QED) is 0.927. The maximum atomic E-state index is 12.6. The number of benzene rings is 1. The third-order valence-electron chi connectivity index (χ3n) is 5.74. The highest BCUT2D eigenvalue weighted by atomic mass is 16.2. The molecule has 0 spiro atoms. The number of nitrogens with zero attached hydrogens (tertiary/aromatic N) is 1. The molecule has 1 aliphatic heterocycles. The molecule has 0 saturated heterocycles.